The minimum atomic E-state index is 0.218. The zero-order valence-corrected chi connectivity index (χ0v) is 9.28. The molecule has 1 saturated carbocycles. The summed E-state index contributed by atoms with van der Waals surface area (Å²) in [7, 11) is 0. The lowest BCUT2D eigenvalue weighted by Gasteiger charge is -2.17. The van der Waals surface area contributed by atoms with Gasteiger partial charge in [0.2, 0.25) is 0 Å². The van der Waals surface area contributed by atoms with Gasteiger partial charge in [-0.15, -0.1) is 0 Å². The summed E-state index contributed by atoms with van der Waals surface area (Å²) in [6.07, 6.45) is 4.67. The summed E-state index contributed by atoms with van der Waals surface area (Å²) in [5, 5.41) is 0. The molecule has 1 aliphatic rings. The van der Waals surface area contributed by atoms with Crippen LogP contribution in [0.5, 0.6) is 5.75 Å². The molecule has 0 aromatic heterocycles. The quantitative estimate of drug-likeness (QED) is 0.823. The lowest BCUT2D eigenvalue weighted by atomic mass is 10.1. The van der Waals surface area contributed by atoms with Crippen LogP contribution >= 0.6 is 0 Å². The highest BCUT2D eigenvalue weighted by Gasteiger charge is 2.25. The van der Waals surface area contributed by atoms with E-state index >= 15 is 0 Å². The van der Waals surface area contributed by atoms with Crippen molar-refractivity contribution in [3.8, 4) is 5.75 Å². The van der Waals surface area contributed by atoms with E-state index in [0.29, 0.717) is 0 Å². The fraction of sp³-hybridized carbons (Fsp3) is 0.538. The van der Waals surface area contributed by atoms with Crippen molar-refractivity contribution in [3.05, 3.63) is 29.8 Å². The van der Waals surface area contributed by atoms with Crippen LogP contribution in [-0.2, 0) is 6.42 Å². The molecule has 1 aromatic carbocycles. The number of ether oxygens (including phenoxy) is 1. The van der Waals surface area contributed by atoms with Crippen LogP contribution in [0.4, 0.5) is 0 Å². The molecule has 0 aliphatic heterocycles. The summed E-state index contributed by atoms with van der Waals surface area (Å²) in [6.45, 7) is 2.16. The molecule has 0 saturated heterocycles. The van der Waals surface area contributed by atoms with Gasteiger partial charge in [-0.25, -0.2) is 0 Å². The Balaban J connectivity index is 1.98. The van der Waals surface area contributed by atoms with Crippen molar-refractivity contribution in [2.24, 2.45) is 5.73 Å². The fourth-order valence-electron chi connectivity index (χ4n) is 2.08. The predicted octanol–water partition coefficient (Wildman–Crippen LogP) is 2.51. The number of benzene rings is 1. The van der Waals surface area contributed by atoms with Gasteiger partial charge in [-0.1, -0.05) is 19.1 Å². The molecule has 1 fully saturated rings. The molecule has 2 rings (SSSR count). The Kier molecular flexibility index (Phi) is 3.27. The number of aryl methyl sites for hydroxylation is 1. The Bertz CT molecular complexity index is 307. The van der Waals surface area contributed by atoms with Crippen molar-refractivity contribution in [2.75, 3.05) is 0 Å². The third kappa shape index (κ3) is 2.51. The number of hydrogen-bond donors (Lipinski definition) is 1. The summed E-state index contributed by atoms with van der Waals surface area (Å²) in [5.41, 5.74) is 7.30. The van der Waals surface area contributed by atoms with E-state index in [0.717, 1.165) is 25.0 Å². The van der Waals surface area contributed by atoms with Crippen molar-refractivity contribution in [3.63, 3.8) is 0 Å². The van der Waals surface area contributed by atoms with Crippen molar-refractivity contribution in [1.82, 2.24) is 0 Å². The molecular formula is C13H19NO. The highest BCUT2D eigenvalue weighted by Crippen LogP contribution is 2.23. The average molecular weight is 205 g/mol. The molecule has 0 radical (unpaired) electrons. The van der Waals surface area contributed by atoms with Crippen molar-refractivity contribution >= 4 is 0 Å². The van der Waals surface area contributed by atoms with E-state index < -0.39 is 0 Å². The first-order valence-electron chi connectivity index (χ1n) is 5.81. The van der Waals surface area contributed by atoms with Gasteiger partial charge in [-0.05, 0) is 43.4 Å². The van der Waals surface area contributed by atoms with Crippen LogP contribution in [0.3, 0.4) is 0 Å². The highest BCUT2D eigenvalue weighted by molar-refractivity contribution is 5.27. The summed E-state index contributed by atoms with van der Waals surface area (Å²) >= 11 is 0. The van der Waals surface area contributed by atoms with Gasteiger partial charge in [0.15, 0.2) is 0 Å². The Labute approximate surface area is 91.4 Å². The first-order chi connectivity index (χ1) is 7.29. The molecule has 1 aliphatic carbocycles. The van der Waals surface area contributed by atoms with Gasteiger partial charge in [-0.3, -0.25) is 0 Å². The van der Waals surface area contributed by atoms with Crippen LogP contribution in [-0.4, -0.2) is 12.1 Å². The number of hydrogen-bond acceptors (Lipinski definition) is 2. The SMILES string of the molecule is CCc1ccc(OC2CCCC2N)cc1. The van der Waals surface area contributed by atoms with Crippen LogP contribution in [0.25, 0.3) is 0 Å². The molecule has 2 nitrogen and oxygen atoms in total. The van der Waals surface area contributed by atoms with Gasteiger partial charge >= 0.3 is 0 Å². The zero-order valence-electron chi connectivity index (χ0n) is 9.28. The summed E-state index contributed by atoms with van der Waals surface area (Å²) < 4.78 is 5.86. The zero-order chi connectivity index (χ0) is 10.7. The molecule has 0 heterocycles. The topological polar surface area (TPSA) is 35.2 Å². The maximum atomic E-state index is 5.96. The Morgan fingerprint density at radius 1 is 1.27 bits per heavy atom. The van der Waals surface area contributed by atoms with Crippen LogP contribution in [0.15, 0.2) is 24.3 Å². The standard InChI is InChI=1S/C13H19NO/c1-2-10-6-8-11(9-7-10)15-13-5-3-4-12(13)14/h6-9,12-13H,2-5,14H2,1H3. The molecule has 0 bridgehead atoms. The predicted molar refractivity (Wildman–Crippen MR) is 62.1 cm³/mol. The first-order valence-corrected chi connectivity index (χ1v) is 5.81. The normalized spacial score (nSPS) is 25.5. The molecule has 2 heteroatoms. The van der Waals surface area contributed by atoms with Crippen LogP contribution < -0.4 is 10.5 Å². The van der Waals surface area contributed by atoms with E-state index in [2.05, 4.69) is 19.1 Å². The molecule has 1 aromatic rings. The Hall–Kier alpha value is -1.02. The van der Waals surface area contributed by atoms with Crippen LogP contribution in [0, 0.1) is 0 Å². The highest BCUT2D eigenvalue weighted by atomic mass is 16.5. The molecule has 0 amide bonds. The van der Waals surface area contributed by atoms with E-state index in [1.165, 1.54) is 12.0 Å². The second-order valence-electron chi connectivity index (χ2n) is 4.25. The minimum absolute atomic E-state index is 0.218. The van der Waals surface area contributed by atoms with Gasteiger partial charge in [-0.2, -0.15) is 0 Å². The first kappa shape index (κ1) is 10.5. The van der Waals surface area contributed by atoms with E-state index in [4.69, 9.17) is 10.5 Å². The van der Waals surface area contributed by atoms with Crippen molar-refractivity contribution in [1.29, 1.82) is 0 Å². The lowest BCUT2D eigenvalue weighted by Crippen LogP contribution is -2.33. The smallest absolute Gasteiger partial charge is 0.119 e. The monoisotopic (exact) mass is 205 g/mol. The summed E-state index contributed by atoms with van der Waals surface area (Å²) in [4.78, 5) is 0. The lowest BCUT2D eigenvalue weighted by molar-refractivity contribution is 0.191. The second-order valence-corrected chi connectivity index (χ2v) is 4.25. The minimum Gasteiger partial charge on any atom is -0.489 e. The van der Waals surface area contributed by atoms with Gasteiger partial charge in [0.05, 0.1) is 0 Å². The molecule has 2 unspecified atom stereocenters. The third-order valence-electron chi connectivity index (χ3n) is 3.12. The fourth-order valence-corrected chi connectivity index (χ4v) is 2.08. The van der Waals surface area contributed by atoms with Crippen LogP contribution in [0.1, 0.15) is 31.7 Å². The van der Waals surface area contributed by atoms with E-state index in [-0.39, 0.29) is 12.1 Å². The van der Waals surface area contributed by atoms with E-state index in [9.17, 15) is 0 Å². The number of rotatable bonds is 3. The Morgan fingerprint density at radius 2 is 2.00 bits per heavy atom. The molecule has 2 atom stereocenters. The summed E-state index contributed by atoms with van der Waals surface area (Å²) in [6, 6.07) is 8.55. The number of nitrogens with two attached hydrogens (primary N) is 1. The third-order valence-corrected chi connectivity index (χ3v) is 3.12. The Morgan fingerprint density at radius 3 is 2.53 bits per heavy atom. The van der Waals surface area contributed by atoms with Gasteiger partial charge < -0.3 is 10.5 Å². The van der Waals surface area contributed by atoms with Gasteiger partial charge in [0.25, 0.3) is 0 Å². The van der Waals surface area contributed by atoms with Crippen molar-refractivity contribution < 1.29 is 4.74 Å². The summed E-state index contributed by atoms with van der Waals surface area (Å²) in [5.74, 6) is 0.953. The molecule has 2 N–H and O–H groups in total. The molecule has 15 heavy (non-hydrogen) atoms. The maximum absolute atomic E-state index is 5.96. The largest absolute Gasteiger partial charge is 0.489 e. The average Bonchev–Trinajstić information content (AvgIpc) is 2.66. The second kappa shape index (κ2) is 4.67. The van der Waals surface area contributed by atoms with Crippen molar-refractivity contribution in [2.45, 2.75) is 44.8 Å². The van der Waals surface area contributed by atoms with E-state index in [1.54, 1.807) is 0 Å². The molecule has 0 spiro atoms. The maximum Gasteiger partial charge on any atom is 0.119 e. The molecule has 82 valence electrons. The van der Waals surface area contributed by atoms with E-state index in [1.807, 2.05) is 12.1 Å². The van der Waals surface area contributed by atoms with Crippen LogP contribution in [0.2, 0.25) is 0 Å². The molecular weight excluding hydrogens is 186 g/mol. The van der Waals surface area contributed by atoms with Gasteiger partial charge in [0.1, 0.15) is 11.9 Å². The van der Waals surface area contributed by atoms with Gasteiger partial charge in [0, 0.05) is 6.04 Å².